The van der Waals surface area contributed by atoms with Gasteiger partial charge >= 0.3 is 0 Å². The van der Waals surface area contributed by atoms with E-state index >= 15 is 0 Å². The van der Waals surface area contributed by atoms with Gasteiger partial charge in [-0.2, -0.15) is 10.2 Å². The fourth-order valence-corrected chi connectivity index (χ4v) is 3.49. The Morgan fingerprint density at radius 1 is 1.20 bits per heavy atom. The van der Waals surface area contributed by atoms with Crippen molar-refractivity contribution in [2.24, 2.45) is 12.0 Å². The number of rotatable bonds is 5. The smallest absolute Gasteiger partial charge is 0.246 e. The highest BCUT2D eigenvalue weighted by atomic mass is 16.2. The van der Waals surface area contributed by atoms with Crippen molar-refractivity contribution in [1.29, 1.82) is 0 Å². The first kappa shape index (κ1) is 19.7. The van der Waals surface area contributed by atoms with Crippen molar-refractivity contribution in [2.75, 3.05) is 31.1 Å². The molecule has 3 heterocycles. The number of nitrogens with one attached hydrogen (secondary N) is 1. The molecule has 1 N–H and O–H groups in total. The third-order valence-corrected chi connectivity index (χ3v) is 4.95. The molecule has 156 valence electrons. The maximum absolute atomic E-state index is 12.7. The summed E-state index contributed by atoms with van der Waals surface area (Å²) in [6.45, 7) is 4.89. The number of guanidine groups is 1. The number of aromatic nitrogens is 4. The van der Waals surface area contributed by atoms with Crippen LogP contribution in [0, 0.1) is 0 Å². The van der Waals surface area contributed by atoms with Gasteiger partial charge in [-0.25, -0.2) is 9.67 Å². The number of benzene rings is 1. The Labute approximate surface area is 175 Å². The van der Waals surface area contributed by atoms with Gasteiger partial charge in [0, 0.05) is 45.3 Å². The summed E-state index contributed by atoms with van der Waals surface area (Å²) < 4.78 is 3.53. The van der Waals surface area contributed by atoms with Crippen molar-refractivity contribution >= 4 is 17.6 Å². The first-order valence-electron chi connectivity index (χ1n) is 10.1. The van der Waals surface area contributed by atoms with Crippen LogP contribution in [0.5, 0.6) is 0 Å². The first-order chi connectivity index (χ1) is 14.6. The molecule has 2 aromatic heterocycles. The third kappa shape index (κ3) is 4.35. The molecule has 0 bridgehead atoms. The summed E-state index contributed by atoms with van der Waals surface area (Å²) in [6.07, 6.45) is 7.26. The van der Waals surface area contributed by atoms with Gasteiger partial charge in [0.25, 0.3) is 0 Å². The third-order valence-electron chi connectivity index (χ3n) is 4.95. The zero-order valence-corrected chi connectivity index (χ0v) is 17.3. The van der Waals surface area contributed by atoms with Gasteiger partial charge in [0.2, 0.25) is 5.91 Å². The van der Waals surface area contributed by atoms with E-state index in [1.807, 2.05) is 60.2 Å². The average molecular weight is 406 g/mol. The second-order valence-electron chi connectivity index (χ2n) is 7.13. The minimum absolute atomic E-state index is 0.0422. The summed E-state index contributed by atoms with van der Waals surface area (Å²) in [5, 5.41) is 11.8. The van der Waals surface area contributed by atoms with Crippen LogP contribution in [-0.2, 0) is 18.4 Å². The van der Waals surface area contributed by atoms with Gasteiger partial charge in [0.1, 0.15) is 6.54 Å². The molecule has 9 nitrogen and oxygen atoms in total. The number of hydrogen-bond donors (Lipinski definition) is 1. The second-order valence-corrected chi connectivity index (χ2v) is 7.13. The average Bonchev–Trinajstić information content (AvgIpc) is 3.43. The molecule has 1 aliphatic heterocycles. The summed E-state index contributed by atoms with van der Waals surface area (Å²) in [7, 11) is 1.85. The largest absolute Gasteiger partial charge is 0.356 e. The Bertz CT molecular complexity index is 1020. The van der Waals surface area contributed by atoms with Crippen LogP contribution in [0.2, 0.25) is 0 Å². The van der Waals surface area contributed by atoms with E-state index in [1.54, 1.807) is 22.0 Å². The maximum Gasteiger partial charge on any atom is 0.246 e. The van der Waals surface area contributed by atoms with Gasteiger partial charge in [-0.3, -0.25) is 9.48 Å². The Kier molecular flexibility index (Phi) is 5.78. The molecular weight excluding hydrogens is 380 g/mol. The normalized spacial score (nSPS) is 15.0. The van der Waals surface area contributed by atoms with E-state index < -0.39 is 0 Å². The van der Waals surface area contributed by atoms with Crippen LogP contribution in [-0.4, -0.2) is 62.5 Å². The van der Waals surface area contributed by atoms with Crippen LogP contribution in [0.25, 0.3) is 5.69 Å². The second kappa shape index (κ2) is 8.81. The van der Waals surface area contributed by atoms with Crippen LogP contribution < -0.4 is 10.2 Å². The lowest BCUT2D eigenvalue weighted by Gasteiger charge is -2.35. The molecule has 3 aromatic rings. The molecule has 0 atom stereocenters. The number of anilines is 1. The summed E-state index contributed by atoms with van der Waals surface area (Å²) in [6, 6.07) is 10.0. The Morgan fingerprint density at radius 2 is 2.10 bits per heavy atom. The summed E-state index contributed by atoms with van der Waals surface area (Å²) in [5.41, 5.74) is 2.91. The van der Waals surface area contributed by atoms with Crippen molar-refractivity contribution in [3.63, 3.8) is 0 Å². The molecule has 0 spiro atoms. The van der Waals surface area contributed by atoms with Gasteiger partial charge in [-0.1, -0.05) is 12.1 Å². The van der Waals surface area contributed by atoms with Gasteiger partial charge in [0.15, 0.2) is 5.96 Å². The molecule has 1 aromatic carbocycles. The maximum atomic E-state index is 12.7. The van der Waals surface area contributed by atoms with Crippen LogP contribution in [0.1, 0.15) is 12.5 Å². The Hall–Kier alpha value is -3.62. The van der Waals surface area contributed by atoms with Crippen molar-refractivity contribution in [3.8, 4) is 5.69 Å². The van der Waals surface area contributed by atoms with Gasteiger partial charge in [0.05, 0.1) is 24.1 Å². The predicted octanol–water partition coefficient (Wildman–Crippen LogP) is 1.42. The van der Waals surface area contributed by atoms with Crippen LogP contribution in [0.4, 0.5) is 5.69 Å². The first-order valence-corrected chi connectivity index (χ1v) is 10.1. The number of piperazine rings is 1. The van der Waals surface area contributed by atoms with Crippen LogP contribution in [0.15, 0.2) is 60.1 Å². The molecule has 1 aliphatic rings. The zero-order valence-electron chi connectivity index (χ0n) is 17.3. The fraction of sp³-hybridized carbons (Fsp3) is 0.333. The van der Waals surface area contributed by atoms with Crippen LogP contribution in [0.3, 0.4) is 0 Å². The van der Waals surface area contributed by atoms with Crippen LogP contribution >= 0.6 is 0 Å². The number of amides is 1. The molecule has 1 fully saturated rings. The quantitative estimate of drug-likeness (QED) is 0.512. The van der Waals surface area contributed by atoms with Crippen molar-refractivity contribution < 1.29 is 4.79 Å². The standard InChI is InChI=1S/C21H26N8O/c1-3-22-21(23-13-17-6-4-7-18(12-17)29-9-5-8-24-29)27-10-11-28(20(30)16-27)19-14-25-26(2)15-19/h4-9,12,14-15H,3,10-11,13,16H2,1-2H3,(H,22,23). The molecule has 9 heteroatoms. The number of nitrogens with zero attached hydrogens (tertiary/aromatic N) is 7. The predicted molar refractivity (Wildman–Crippen MR) is 116 cm³/mol. The van der Waals surface area contributed by atoms with E-state index in [0.29, 0.717) is 19.6 Å². The highest BCUT2D eigenvalue weighted by Crippen LogP contribution is 2.16. The SMILES string of the molecule is CCNC(=NCc1cccc(-n2cccn2)c1)N1CCN(c2cnn(C)c2)C(=O)C1. The molecular formula is C21H26N8O. The van der Waals surface area contributed by atoms with E-state index in [0.717, 1.165) is 29.4 Å². The van der Waals surface area contributed by atoms with Crippen molar-refractivity contribution in [1.82, 2.24) is 29.8 Å². The minimum atomic E-state index is 0.0422. The highest BCUT2D eigenvalue weighted by Gasteiger charge is 2.27. The van der Waals surface area contributed by atoms with E-state index in [1.165, 1.54) is 0 Å². The van der Waals surface area contributed by atoms with Gasteiger partial charge < -0.3 is 15.1 Å². The summed E-state index contributed by atoms with van der Waals surface area (Å²) >= 11 is 0. The lowest BCUT2D eigenvalue weighted by atomic mass is 10.2. The molecule has 0 aliphatic carbocycles. The van der Waals surface area contributed by atoms with Crippen molar-refractivity contribution in [3.05, 3.63) is 60.7 Å². The number of aryl methyl sites for hydroxylation is 1. The molecule has 0 radical (unpaired) electrons. The minimum Gasteiger partial charge on any atom is -0.356 e. The van der Waals surface area contributed by atoms with Crippen molar-refractivity contribution in [2.45, 2.75) is 13.5 Å². The molecule has 0 unspecified atom stereocenters. The van der Waals surface area contributed by atoms with E-state index in [4.69, 9.17) is 4.99 Å². The van der Waals surface area contributed by atoms with E-state index in [9.17, 15) is 4.79 Å². The Morgan fingerprint density at radius 3 is 2.80 bits per heavy atom. The molecule has 1 amide bonds. The number of aliphatic imine (C=N–C) groups is 1. The fourth-order valence-electron chi connectivity index (χ4n) is 3.49. The number of hydrogen-bond acceptors (Lipinski definition) is 4. The molecule has 0 saturated carbocycles. The van der Waals surface area contributed by atoms with Gasteiger partial charge in [-0.15, -0.1) is 0 Å². The highest BCUT2D eigenvalue weighted by molar-refractivity contribution is 5.98. The van der Waals surface area contributed by atoms with E-state index in [-0.39, 0.29) is 12.5 Å². The van der Waals surface area contributed by atoms with Gasteiger partial charge in [-0.05, 0) is 30.7 Å². The van der Waals surface area contributed by atoms with E-state index in [2.05, 4.69) is 21.6 Å². The molecule has 4 rings (SSSR count). The zero-order chi connectivity index (χ0) is 20.9. The molecule has 1 saturated heterocycles. The number of carbonyl (C=O) groups excluding carboxylic acids is 1. The summed E-state index contributed by atoms with van der Waals surface area (Å²) in [5.74, 6) is 0.793. The molecule has 30 heavy (non-hydrogen) atoms. The topological polar surface area (TPSA) is 83.6 Å². The monoisotopic (exact) mass is 406 g/mol. The Balaban J connectivity index is 1.46. The lowest BCUT2D eigenvalue weighted by Crippen LogP contribution is -2.55. The summed E-state index contributed by atoms with van der Waals surface area (Å²) in [4.78, 5) is 21.3. The number of carbonyl (C=O) groups is 1. The lowest BCUT2D eigenvalue weighted by molar-refractivity contribution is -0.120.